The summed E-state index contributed by atoms with van der Waals surface area (Å²) < 4.78 is 24.3. The van der Waals surface area contributed by atoms with Crippen LogP contribution in [0.15, 0.2) is 78.5 Å². The Labute approximate surface area is 212 Å². The molecule has 0 aliphatic carbocycles. The molecule has 0 radical (unpaired) electrons. The minimum absolute atomic E-state index is 0.0669. The lowest BCUT2D eigenvalue weighted by Gasteiger charge is -2.26. The van der Waals surface area contributed by atoms with Crippen molar-refractivity contribution in [1.29, 1.82) is 0 Å². The quantitative estimate of drug-likeness (QED) is 0.212. The van der Waals surface area contributed by atoms with Crippen molar-refractivity contribution in [1.82, 2.24) is 9.88 Å². The highest BCUT2D eigenvalue weighted by Crippen LogP contribution is 2.42. The maximum Gasteiger partial charge on any atom is 0.295 e. The highest BCUT2D eigenvalue weighted by atomic mass is 19.1. The summed E-state index contributed by atoms with van der Waals surface area (Å²) in [6.45, 7) is 0.228. The smallest absolute Gasteiger partial charge is 0.295 e. The predicted octanol–water partition coefficient (Wildman–Crippen LogP) is 4.99. The summed E-state index contributed by atoms with van der Waals surface area (Å²) in [6.07, 6.45) is 2.38. The Morgan fingerprint density at radius 1 is 1.00 bits per heavy atom. The predicted molar refractivity (Wildman–Crippen MR) is 137 cm³/mol. The first kappa shape index (κ1) is 24.1. The van der Waals surface area contributed by atoms with Crippen molar-refractivity contribution in [3.63, 3.8) is 0 Å². The number of likely N-dealkylation sites (tertiary alicyclic amines) is 1. The highest BCUT2D eigenvalue weighted by molar-refractivity contribution is 6.46. The van der Waals surface area contributed by atoms with Gasteiger partial charge in [0.1, 0.15) is 11.6 Å². The molecule has 2 heterocycles. The summed E-state index contributed by atoms with van der Waals surface area (Å²) in [5.41, 5.74) is 2.72. The molecule has 188 valence electrons. The van der Waals surface area contributed by atoms with Crippen LogP contribution in [0.1, 0.15) is 22.7 Å². The van der Waals surface area contributed by atoms with E-state index >= 15 is 0 Å². The molecule has 1 unspecified atom stereocenters. The number of aliphatic hydroxyl groups excluding tert-OH is 1. The molecule has 37 heavy (non-hydrogen) atoms. The van der Waals surface area contributed by atoms with Gasteiger partial charge in [-0.3, -0.25) is 9.59 Å². The molecular formula is C29H25FN2O5. The van der Waals surface area contributed by atoms with Crippen molar-refractivity contribution in [3.8, 4) is 11.5 Å². The van der Waals surface area contributed by atoms with E-state index in [1.807, 2.05) is 30.5 Å². The molecule has 3 aromatic carbocycles. The lowest BCUT2D eigenvalue weighted by Crippen LogP contribution is -2.31. The minimum atomic E-state index is -0.880. The first-order valence-corrected chi connectivity index (χ1v) is 11.7. The standard InChI is InChI=1S/C29H25FN2O5/c1-36-23-12-9-18(15-24(23)37-2)26-25(27(33)17-7-10-20(30)11-8-17)28(34)29(35)32(26)14-13-19-16-31-22-6-4-3-5-21(19)22/h3-12,15-16,26,31,33H,13-14H2,1-2H3/b27-25+. The number of carbonyl (C=O) groups is 2. The molecule has 1 fully saturated rings. The van der Waals surface area contributed by atoms with Gasteiger partial charge in [0, 0.05) is 29.2 Å². The number of nitrogens with one attached hydrogen (secondary N) is 1. The molecule has 1 aromatic heterocycles. The van der Waals surface area contributed by atoms with E-state index in [2.05, 4.69) is 4.98 Å². The van der Waals surface area contributed by atoms with Gasteiger partial charge < -0.3 is 24.5 Å². The molecule has 1 amide bonds. The van der Waals surface area contributed by atoms with Crippen LogP contribution in [0.2, 0.25) is 0 Å². The Morgan fingerprint density at radius 2 is 1.73 bits per heavy atom. The third-order valence-electron chi connectivity index (χ3n) is 6.68. The molecule has 0 saturated carbocycles. The first-order chi connectivity index (χ1) is 17.9. The molecule has 4 aromatic rings. The Bertz CT molecular complexity index is 1520. The van der Waals surface area contributed by atoms with Crippen LogP contribution in [0.3, 0.4) is 0 Å². The van der Waals surface area contributed by atoms with Gasteiger partial charge in [0.25, 0.3) is 11.7 Å². The zero-order valence-electron chi connectivity index (χ0n) is 20.3. The van der Waals surface area contributed by atoms with E-state index < -0.39 is 23.5 Å². The maximum absolute atomic E-state index is 13.5. The largest absolute Gasteiger partial charge is 0.507 e. The molecule has 1 aliphatic heterocycles. The average molecular weight is 501 g/mol. The Hall–Kier alpha value is -4.59. The monoisotopic (exact) mass is 500 g/mol. The molecule has 1 saturated heterocycles. The minimum Gasteiger partial charge on any atom is -0.507 e. The molecule has 7 nitrogen and oxygen atoms in total. The molecular weight excluding hydrogens is 475 g/mol. The number of benzene rings is 3. The number of aromatic nitrogens is 1. The number of fused-ring (bicyclic) bond motifs is 1. The molecule has 2 N–H and O–H groups in total. The summed E-state index contributed by atoms with van der Waals surface area (Å²) in [6, 6.07) is 17.2. The van der Waals surface area contributed by atoms with E-state index in [0.29, 0.717) is 23.5 Å². The van der Waals surface area contributed by atoms with Gasteiger partial charge in [-0.15, -0.1) is 0 Å². The number of amides is 1. The van der Waals surface area contributed by atoms with Crippen molar-refractivity contribution in [2.45, 2.75) is 12.5 Å². The zero-order chi connectivity index (χ0) is 26.1. The fourth-order valence-electron chi connectivity index (χ4n) is 4.82. The van der Waals surface area contributed by atoms with Crippen LogP contribution >= 0.6 is 0 Å². The third-order valence-corrected chi connectivity index (χ3v) is 6.68. The van der Waals surface area contributed by atoms with E-state index in [-0.39, 0.29) is 23.4 Å². The number of halogens is 1. The number of aromatic amines is 1. The first-order valence-electron chi connectivity index (χ1n) is 11.7. The van der Waals surface area contributed by atoms with Crippen molar-refractivity contribution in [2.24, 2.45) is 0 Å². The number of rotatable bonds is 7. The summed E-state index contributed by atoms with van der Waals surface area (Å²) in [7, 11) is 3.01. The highest BCUT2D eigenvalue weighted by Gasteiger charge is 2.46. The van der Waals surface area contributed by atoms with Gasteiger partial charge in [-0.05, 0) is 60.0 Å². The summed E-state index contributed by atoms with van der Waals surface area (Å²) >= 11 is 0. The maximum atomic E-state index is 13.5. The van der Waals surface area contributed by atoms with Crippen LogP contribution < -0.4 is 9.47 Å². The van der Waals surface area contributed by atoms with Crippen molar-refractivity contribution in [2.75, 3.05) is 20.8 Å². The molecule has 0 bridgehead atoms. The van der Waals surface area contributed by atoms with E-state index in [9.17, 15) is 19.1 Å². The van der Waals surface area contributed by atoms with Gasteiger partial charge in [-0.2, -0.15) is 0 Å². The van der Waals surface area contributed by atoms with Crippen molar-refractivity contribution in [3.05, 3.63) is 101 Å². The normalized spacial score (nSPS) is 16.9. The van der Waals surface area contributed by atoms with Crippen molar-refractivity contribution < 1.29 is 28.6 Å². The van der Waals surface area contributed by atoms with Crippen LogP contribution in [0, 0.1) is 5.82 Å². The van der Waals surface area contributed by atoms with E-state index in [1.54, 1.807) is 18.2 Å². The van der Waals surface area contributed by atoms with Gasteiger partial charge in [0.05, 0.1) is 25.8 Å². The van der Waals surface area contributed by atoms with E-state index in [1.165, 1.54) is 43.4 Å². The third kappa shape index (κ3) is 4.31. The topological polar surface area (TPSA) is 91.9 Å². The summed E-state index contributed by atoms with van der Waals surface area (Å²) in [5.74, 6) is -1.46. The average Bonchev–Trinajstić information content (AvgIpc) is 3.45. The number of aliphatic hydroxyl groups is 1. The van der Waals surface area contributed by atoms with Crippen LogP contribution in [0.5, 0.6) is 11.5 Å². The SMILES string of the molecule is COc1ccc(C2/C(=C(\O)c3ccc(F)cc3)C(=O)C(=O)N2CCc2c[nH]c3ccccc23)cc1OC. The number of ketones is 1. The number of hydrogen-bond acceptors (Lipinski definition) is 5. The Balaban J connectivity index is 1.60. The summed E-state index contributed by atoms with van der Waals surface area (Å²) in [4.78, 5) is 31.3. The second-order valence-corrected chi connectivity index (χ2v) is 8.72. The van der Waals surface area contributed by atoms with E-state index in [4.69, 9.17) is 9.47 Å². The van der Waals surface area contributed by atoms with Gasteiger partial charge >= 0.3 is 0 Å². The van der Waals surface area contributed by atoms with Crippen LogP contribution in [-0.4, -0.2) is 47.4 Å². The Kier molecular flexibility index (Phi) is 6.40. The summed E-state index contributed by atoms with van der Waals surface area (Å²) in [5, 5.41) is 12.2. The lowest BCUT2D eigenvalue weighted by molar-refractivity contribution is -0.139. The second-order valence-electron chi connectivity index (χ2n) is 8.72. The van der Waals surface area contributed by atoms with Crippen LogP contribution in [0.25, 0.3) is 16.7 Å². The van der Waals surface area contributed by atoms with E-state index in [0.717, 1.165) is 16.5 Å². The van der Waals surface area contributed by atoms with Gasteiger partial charge in [0.15, 0.2) is 11.5 Å². The number of H-pyrrole nitrogens is 1. The molecule has 5 rings (SSSR count). The fraction of sp³-hybridized carbons (Fsp3) is 0.172. The molecule has 1 aliphatic rings. The van der Waals surface area contributed by atoms with Gasteiger partial charge in [-0.25, -0.2) is 4.39 Å². The van der Waals surface area contributed by atoms with Gasteiger partial charge in [-0.1, -0.05) is 24.3 Å². The second kappa shape index (κ2) is 9.81. The zero-order valence-corrected chi connectivity index (χ0v) is 20.3. The molecule has 0 spiro atoms. The molecule has 8 heteroatoms. The van der Waals surface area contributed by atoms with Crippen LogP contribution in [0.4, 0.5) is 4.39 Å². The lowest BCUT2D eigenvalue weighted by atomic mass is 9.94. The number of hydrogen-bond donors (Lipinski definition) is 2. The fourth-order valence-corrected chi connectivity index (χ4v) is 4.82. The number of Topliss-reactive ketones (excluding diaryl/α,β-unsaturated/α-hetero) is 1. The Morgan fingerprint density at radius 3 is 2.46 bits per heavy atom. The number of ether oxygens (including phenoxy) is 2. The number of carbonyl (C=O) groups excluding carboxylic acids is 2. The number of nitrogens with zero attached hydrogens (tertiary/aromatic N) is 1. The van der Waals surface area contributed by atoms with Gasteiger partial charge in [0.2, 0.25) is 0 Å². The van der Waals surface area contributed by atoms with Crippen LogP contribution in [-0.2, 0) is 16.0 Å². The number of methoxy groups -OCH3 is 2. The molecule has 1 atom stereocenters. The number of para-hydroxylation sites is 1. The van der Waals surface area contributed by atoms with Crippen molar-refractivity contribution >= 4 is 28.4 Å².